The summed E-state index contributed by atoms with van der Waals surface area (Å²) in [6.45, 7) is 0. The lowest BCUT2D eigenvalue weighted by atomic mass is 9.95. The molecule has 0 saturated carbocycles. The molecule has 0 spiro atoms. The highest BCUT2D eigenvalue weighted by Crippen LogP contribution is 2.25. The first kappa shape index (κ1) is 20.4. The van der Waals surface area contributed by atoms with E-state index in [4.69, 9.17) is 0 Å². The van der Waals surface area contributed by atoms with Gasteiger partial charge in [0.25, 0.3) is 0 Å². The summed E-state index contributed by atoms with van der Waals surface area (Å²) >= 11 is 0. The molecule has 24 heavy (non-hydrogen) atoms. The fourth-order valence-electron chi connectivity index (χ4n) is 2.39. The molecule has 0 aromatic heterocycles. The van der Waals surface area contributed by atoms with E-state index in [1.807, 2.05) is 28.2 Å². The lowest BCUT2D eigenvalue weighted by Crippen LogP contribution is -3.00. The second kappa shape index (κ2) is 11.0. The Morgan fingerprint density at radius 2 is 1.17 bits per heavy atom. The van der Waals surface area contributed by atoms with Crippen molar-refractivity contribution < 1.29 is 12.4 Å². The van der Waals surface area contributed by atoms with E-state index in [0.29, 0.717) is 0 Å². The molecule has 1 atom stereocenters. The van der Waals surface area contributed by atoms with E-state index in [9.17, 15) is 0 Å². The van der Waals surface area contributed by atoms with Gasteiger partial charge in [-0.05, 0) is 28.7 Å². The van der Waals surface area contributed by atoms with Crippen molar-refractivity contribution in [3.8, 4) is 11.1 Å². The average Bonchev–Trinajstić information content (AvgIpc) is 2.57. The summed E-state index contributed by atoms with van der Waals surface area (Å²) < 4.78 is 2.03. The minimum absolute atomic E-state index is 0. The fraction of sp³-hybridized carbons (Fsp3) is 0.143. The molecule has 0 aliphatic carbocycles. The van der Waals surface area contributed by atoms with Crippen LogP contribution in [0, 0.1) is 0 Å². The van der Waals surface area contributed by atoms with Gasteiger partial charge in [0, 0.05) is 23.5 Å². The van der Waals surface area contributed by atoms with E-state index in [0.717, 1.165) is 6.42 Å². The number of hydrogen-bond donors (Lipinski definition) is 0. The van der Waals surface area contributed by atoms with Gasteiger partial charge in [-0.3, -0.25) is 0 Å². The molecule has 3 aromatic rings. The molecule has 3 aromatic carbocycles. The van der Waals surface area contributed by atoms with Crippen LogP contribution in [-0.2, 0) is 6.42 Å². The standard InChI is InChI=1S/C19H16.C2H8NP.ClH/c1-3-9-16(10-4-1)15-18-13-7-8-14-19(18)17-11-5-2-6-12-17;1-3(2)4;/h1-14H,15H2;4H2,1-2H3;1H. The average molecular weight is 358 g/mol. The van der Waals surface area contributed by atoms with Crippen molar-refractivity contribution in [2.24, 2.45) is 0 Å². The fourth-order valence-corrected chi connectivity index (χ4v) is 2.39. The maximum absolute atomic E-state index is 2.22. The highest BCUT2D eigenvalue weighted by molar-refractivity contribution is 7.13. The van der Waals surface area contributed by atoms with E-state index in [1.165, 1.54) is 22.3 Å². The first-order valence-corrected chi connectivity index (χ1v) is 8.45. The van der Waals surface area contributed by atoms with E-state index < -0.39 is 0 Å². The topological polar surface area (TPSA) is 3.24 Å². The number of benzene rings is 3. The van der Waals surface area contributed by atoms with Gasteiger partial charge in [0.2, 0.25) is 0 Å². The first-order chi connectivity index (χ1) is 11.2. The Bertz CT molecular complexity index is 697. The monoisotopic (exact) mass is 357 g/mol. The lowest BCUT2D eigenvalue weighted by Gasteiger charge is -2.09. The van der Waals surface area contributed by atoms with Crippen LogP contribution in [0.2, 0.25) is 0 Å². The zero-order valence-electron chi connectivity index (χ0n) is 14.3. The van der Waals surface area contributed by atoms with Crippen LogP contribution in [0.1, 0.15) is 11.1 Å². The molecule has 1 nitrogen and oxygen atoms in total. The Kier molecular flexibility index (Phi) is 9.34. The Balaban J connectivity index is 0.000000522. The molecule has 0 aliphatic rings. The van der Waals surface area contributed by atoms with Gasteiger partial charge in [-0.1, -0.05) is 84.9 Å². The van der Waals surface area contributed by atoms with Gasteiger partial charge in [-0.25, -0.2) is 0 Å². The molecule has 0 heterocycles. The van der Waals surface area contributed by atoms with Gasteiger partial charge in [0.15, 0.2) is 0 Å². The maximum atomic E-state index is 2.22. The van der Waals surface area contributed by atoms with Crippen LogP contribution in [0.4, 0.5) is 0 Å². The number of halogens is 1. The molecule has 3 heteroatoms. The molecule has 0 amide bonds. The van der Waals surface area contributed by atoms with Crippen molar-refractivity contribution in [1.82, 2.24) is 4.67 Å². The van der Waals surface area contributed by atoms with Crippen LogP contribution in [0.5, 0.6) is 0 Å². The van der Waals surface area contributed by atoms with Crippen molar-refractivity contribution in [1.29, 1.82) is 0 Å². The lowest BCUT2D eigenvalue weighted by molar-refractivity contribution is -0.00000458. The highest BCUT2D eigenvalue weighted by Gasteiger charge is 2.04. The normalized spacial score (nSPS) is 9.79. The van der Waals surface area contributed by atoms with Gasteiger partial charge in [-0.2, -0.15) is 4.67 Å². The molecule has 0 bridgehead atoms. The zero-order chi connectivity index (χ0) is 16.5. The third-order valence-corrected chi connectivity index (χ3v) is 3.34. The predicted molar refractivity (Wildman–Crippen MR) is 106 cm³/mol. The van der Waals surface area contributed by atoms with Crippen LogP contribution in [-0.4, -0.2) is 18.8 Å². The number of hydrogen-bond acceptors (Lipinski definition) is 1. The molecular weight excluding hydrogens is 333 g/mol. The predicted octanol–water partition coefficient (Wildman–Crippen LogP) is 2.02. The van der Waals surface area contributed by atoms with Crippen molar-refractivity contribution in [3.63, 3.8) is 0 Å². The number of nitrogens with zero attached hydrogens (tertiary/aromatic N) is 1. The van der Waals surface area contributed by atoms with Crippen molar-refractivity contribution >= 4 is 9.39 Å². The Hall–Kier alpha value is -1.66. The molecule has 0 fully saturated rings. The molecule has 126 valence electrons. The zero-order valence-corrected chi connectivity index (χ0v) is 16.5. The molecule has 0 aliphatic heterocycles. The Morgan fingerprint density at radius 3 is 1.75 bits per heavy atom. The van der Waals surface area contributed by atoms with Crippen molar-refractivity contribution in [2.75, 3.05) is 14.1 Å². The van der Waals surface area contributed by atoms with Gasteiger partial charge < -0.3 is 12.4 Å². The SMILES string of the molecule is CN(C)[PH3+].[Cl-].c1ccc(Cc2ccccc2-c2ccccc2)cc1. The Labute approximate surface area is 154 Å². The van der Waals surface area contributed by atoms with Crippen molar-refractivity contribution in [2.45, 2.75) is 6.42 Å². The van der Waals surface area contributed by atoms with E-state index in [-0.39, 0.29) is 12.4 Å². The number of rotatable bonds is 3. The van der Waals surface area contributed by atoms with Crippen LogP contribution >= 0.6 is 9.39 Å². The molecule has 3 rings (SSSR count). The van der Waals surface area contributed by atoms with Gasteiger partial charge >= 0.3 is 0 Å². The summed E-state index contributed by atoms with van der Waals surface area (Å²) in [7, 11) is 5.86. The Morgan fingerprint density at radius 1 is 0.708 bits per heavy atom. The van der Waals surface area contributed by atoms with Crippen LogP contribution in [0.15, 0.2) is 84.9 Å². The minimum atomic E-state index is 0. The summed E-state index contributed by atoms with van der Waals surface area (Å²) in [6.07, 6.45) is 0.978. The second-order valence-corrected chi connectivity index (χ2v) is 7.03. The van der Waals surface area contributed by atoms with Crippen LogP contribution in [0.25, 0.3) is 11.1 Å². The van der Waals surface area contributed by atoms with Gasteiger partial charge in [0.1, 0.15) is 0 Å². The smallest absolute Gasteiger partial charge is 0.0424 e. The summed E-state index contributed by atoms with van der Waals surface area (Å²) in [5.74, 6) is 0. The van der Waals surface area contributed by atoms with Gasteiger partial charge in [0.05, 0.1) is 0 Å². The molecule has 0 saturated heterocycles. The van der Waals surface area contributed by atoms with Crippen LogP contribution in [0.3, 0.4) is 0 Å². The summed E-state index contributed by atoms with van der Waals surface area (Å²) in [6, 6.07) is 29.8. The summed E-state index contributed by atoms with van der Waals surface area (Å²) in [5.41, 5.74) is 5.34. The maximum Gasteiger partial charge on any atom is 0.0424 e. The molecular formula is C21H25ClNP. The third-order valence-electron chi connectivity index (χ3n) is 3.34. The molecule has 0 radical (unpaired) electrons. The summed E-state index contributed by atoms with van der Waals surface area (Å²) in [4.78, 5) is 0. The second-order valence-electron chi connectivity index (χ2n) is 5.77. The first-order valence-electron chi connectivity index (χ1n) is 7.82. The van der Waals surface area contributed by atoms with Gasteiger partial charge in [-0.15, -0.1) is 0 Å². The minimum Gasteiger partial charge on any atom is -1.00 e. The van der Waals surface area contributed by atoms with Crippen molar-refractivity contribution in [3.05, 3.63) is 96.1 Å². The van der Waals surface area contributed by atoms with E-state index >= 15 is 0 Å². The molecule has 0 N–H and O–H groups in total. The van der Waals surface area contributed by atoms with E-state index in [1.54, 1.807) is 0 Å². The quantitative estimate of drug-likeness (QED) is 0.648. The highest BCUT2D eigenvalue weighted by atomic mass is 35.5. The summed E-state index contributed by atoms with van der Waals surface area (Å²) in [5, 5.41) is 0. The van der Waals surface area contributed by atoms with Crippen LogP contribution < -0.4 is 12.4 Å². The van der Waals surface area contributed by atoms with E-state index in [2.05, 4.69) is 84.9 Å². The third kappa shape index (κ3) is 6.84. The molecule has 1 unspecified atom stereocenters. The largest absolute Gasteiger partial charge is 1.00 e.